The Bertz CT molecular complexity index is 842. The fraction of sp³-hybridized carbons (Fsp3) is 0.333. The molecule has 3 N–H and O–H groups in total. The molecule has 1 aromatic carbocycles. The number of benzene rings is 1. The zero-order valence-electron chi connectivity index (χ0n) is 14.3. The Labute approximate surface area is 145 Å². The maximum atomic E-state index is 12.2. The van der Waals surface area contributed by atoms with E-state index in [-0.39, 0.29) is 30.0 Å². The highest BCUT2D eigenvalue weighted by Crippen LogP contribution is 2.11. The zero-order chi connectivity index (χ0) is 18.4. The number of rotatable bonds is 7. The summed E-state index contributed by atoms with van der Waals surface area (Å²) >= 11 is 0. The van der Waals surface area contributed by atoms with Crippen molar-refractivity contribution in [3.8, 4) is 0 Å². The normalized spacial score (nSPS) is 10.5. The van der Waals surface area contributed by atoms with E-state index >= 15 is 0 Å². The van der Waals surface area contributed by atoms with Gasteiger partial charge in [-0.05, 0) is 30.0 Å². The molecule has 1 amide bonds. The van der Waals surface area contributed by atoms with Crippen LogP contribution in [0.25, 0.3) is 0 Å². The molecule has 0 fully saturated rings. The standard InChI is InChI=1S/C18H21N3O4/c1-3-12-14(17(23)21-20-15(12)4-2)10-19-16(22)9-11-7-5-6-8-13(11)18(24)25/h5-8H,3-4,9-10H2,1-2H3,(H,19,22)(H,21,23)(H,24,25). The number of hydrogen-bond donors (Lipinski definition) is 3. The molecule has 0 aliphatic rings. The third kappa shape index (κ3) is 4.32. The first kappa shape index (κ1) is 18.4. The van der Waals surface area contributed by atoms with Crippen LogP contribution in [0, 0.1) is 0 Å². The predicted molar refractivity (Wildman–Crippen MR) is 92.6 cm³/mol. The third-order valence-electron chi connectivity index (χ3n) is 4.03. The van der Waals surface area contributed by atoms with Gasteiger partial charge in [-0.15, -0.1) is 0 Å². The van der Waals surface area contributed by atoms with Gasteiger partial charge in [0.25, 0.3) is 5.56 Å². The van der Waals surface area contributed by atoms with E-state index in [4.69, 9.17) is 5.11 Å². The average Bonchev–Trinajstić information content (AvgIpc) is 2.60. The summed E-state index contributed by atoms with van der Waals surface area (Å²) in [4.78, 5) is 35.4. The van der Waals surface area contributed by atoms with E-state index in [2.05, 4.69) is 15.5 Å². The van der Waals surface area contributed by atoms with Crippen molar-refractivity contribution in [1.29, 1.82) is 0 Å². The molecule has 0 saturated heterocycles. The first-order chi connectivity index (χ1) is 12.0. The number of aromatic amines is 1. The van der Waals surface area contributed by atoms with Crippen molar-refractivity contribution < 1.29 is 14.7 Å². The molecule has 2 aromatic rings. The van der Waals surface area contributed by atoms with Crippen molar-refractivity contribution in [3.05, 3.63) is 62.6 Å². The highest BCUT2D eigenvalue weighted by Gasteiger charge is 2.15. The van der Waals surface area contributed by atoms with Crippen molar-refractivity contribution >= 4 is 11.9 Å². The van der Waals surface area contributed by atoms with E-state index in [1.807, 2.05) is 13.8 Å². The number of carboxylic acids is 1. The molecular formula is C18H21N3O4. The van der Waals surface area contributed by atoms with Gasteiger partial charge in [-0.3, -0.25) is 9.59 Å². The highest BCUT2D eigenvalue weighted by atomic mass is 16.4. The molecule has 0 atom stereocenters. The largest absolute Gasteiger partial charge is 0.478 e. The molecule has 7 heteroatoms. The number of aromatic nitrogens is 2. The molecule has 0 saturated carbocycles. The van der Waals surface area contributed by atoms with E-state index in [0.29, 0.717) is 24.0 Å². The van der Waals surface area contributed by atoms with E-state index < -0.39 is 5.97 Å². The van der Waals surface area contributed by atoms with Crippen molar-refractivity contribution in [2.75, 3.05) is 0 Å². The summed E-state index contributed by atoms with van der Waals surface area (Å²) in [6.07, 6.45) is 1.27. The van der Waals surface area contributed by atoms with Crippen molar-refractivity contribution in [1.82, 2.24) is 15.5 Å². The van der Waals surface area contributed by atoms with Gasteiger partial charge in [0.2, 0.25) is 5.91 Å². The second kappa shape index (κ2) is 8.23. The number of nitrogens with one attached hydrogen (secondary N) is 2. The third-order valence-corrected chi connectivity index (χ3v) is 4.03. The summed E-state index contributed by atoms with van der Waals surface area (Å²) in [5, 5.41) is 18.4. The van der Waals surface area contributed by atoms with Gasteiger partial charge in [-0.2, -0.15) is 5.10 Å². The van der Waals surface area contributed by atoms with E-state index in [1.54, 1.807) is 18.2 Å². The van der Waals surface area contributed by atoms with Gasteiger partial charge in [-0.1, -0.05) is 32.0 Å². The fourth-order valence-corrected chi connectivity index (χ4v) is 2.77. The van der Waals surface area contributed by atoms with Crippen LogP contribution >= 0.6 is 0 Å². The van der Waals surface area contributed by atoms with Gasteiger partial charge < -0.3 is 10.4 Å². The van der Waals surface area contributed by atoms with Crippen LogP contribution in [0.5, 0.6) is 0 Å². The lowest BCUT2D eigenvalue weighted by atomic mass is 10.0. The Morgan fingerprint density at radius 2 is 1.88 bits per heavy atom. The van der Waals surface area contributed by atoms with Crippen LogP contribution in [-0.2, 0) is 30.6 Å². The van der Waals surface area contributed by atoms with Gasteiger partial charge in [0.05, 0.1) is 17.7 Å². The van der Waals surface area contributed by atoms with Gasteiger partial charge >= 0.3 is 5.97 Å². The topological polar surface area (TPSA) is 112 Å². The summed E-state index contributed by atoms with van der Waals surface area (Å²) in [6, 6.07) is 6.36. The zero-order valence-corrected chi connectivity index (χ0v) is 14.3. The molecule has 0 aliphatic carbocycles. The Kier molecular flexibility index (Phi) is 6.05. The lowest BCUT2D eigenvalue weighted by molar-refractivity contribution is -0.120. The number of carbonyl (C=O) groups is 2. The lowest BCUT2D eigenvalue weighted by Crippen LogP contribution is -2.30. The van der Waals surface area contributed by atoms with Crippen LogP contribution < -0.4 is 10.9 Å². The molecule has 25 heavy (non-hydrogen) atoms. The summed E-state index contributed by atoms with van der Waals surface area (Å²) in [5.74, 6) is -1.42. The van der Waals surface area contributed by atoms with E-state index in [9.17, 15) is 14.4 Å². The van der Waals surface area contributed by atoms with Crippen LogP contribution in [-0.4, -0.2) is 27.2 Å². The Morgan fingerprint density at radius 1 is 1.16 bits per heavy atom. The molecular weight excluding hydrogens is 322 g/mol. The minimum atomic E-state index is -1.07. The molecule has 0 spiro atoms. The van der Waals surface area contributed by atoms with Crippen LogP contribution in [0.15, 0.2) is 29.1 Å². The molecule has 0 radical (unpaired) electrons. The second-order valence-electron chi connectivity index (χ2n) is 5.58. The smallest absolute Gasteiger partial charge is 0.335 e. The number of H-pyrrole nitrogens is 1. The average molecular weight is 343 g/mol. The maximum absolute atomic E-state index is 12.2. The van der Waals surface area contributed by atoms with Crippen LogP contribution in [0.2, 0.25) is 0 Å². The maximum Gasteiger partial charge on any atom is 0.335 e. The van der Waals surface area contributed by atoms with Gasteiger partial charge in [0.1, 0.15) is 0 Å². The Hall–Kier alpha value is -2.96. The minimum absolute atomic E-state index is 0.0619. The number of aryl methyl sites for hydroxylation is 1. The van der Waals surface area contributed by atoms with E-state index in [0.717, 1.165) is 11.3 Å². The molecule has 2 rings (SSSR count). The SMILES string of the molecule is CCc1n[nH]c(=O)c(CNC(=O)Cc2ccccc2C(=O)O)c1CC. The van der Waals surface area contributed by atoms with Crippen LogP contribution in [0.1, 0.15) is 46.6 Å². The number of aromatic carboxylic acids is 1. The van der Waals surface area contributed by atoms with Gasteiger partial charge in [-0.25, -0.2) is 9.89 Å². The molecule has 0 aliphatic heterocycles. The second-order valence-corrected chi connectivity index (χ2v) is 5.58. The van der Waals surface area contributed by atoms with Crippen LogP contribution in [0.3, 0.4) is 0 Å². The number of amides is 1. The molecule has 0 unspecified atom stereocenters. The van der Waals surface area contributed by atoms with E-state index in [1.165, 1.54) is 6.07 Å². The molecule has 1 heterocycles. The van der Waals surface area contributed by atoms with Crippen molar-refractivity contribution in [2.24, 2.45) is 0 Å². The lowest BCUT2D eigenvalue weighted by Gasteiger charge is -2.12. The number of carboxylic acid groups (broad SMARTS) is 1. The molecule has 7 nitrogen and oxygen atoms in total. The highest BCUT2D eigenvalue weighted by molar-refractivity contribution is 5.91. The number of carbonyl (C=O) groups excluding carboxylic acids is 1. The van der Waals surface area contributed by atoms with Gasteiger partial charge in [0, 0.05) is 12.1 Å². The summed E-state index contributed by atoms with van der Waals surface area (Å²) in [5.41, 5.74) is 2.36. The fourth-order valence-electron chi connectivity index (χ4n) is 2.77. The van der Waals surface area contributed by atoms with Crippen molar-refractivity contribution in [3.63, 3.8) is 0 Å². The first-order valence-electron chi connectivity index (χ1n) is 8.15. The molecule has 132 valence electrons. The van der Waals surface area contributed by atoms with Crippen molar-refractivity contribution in [2.45, 2.75) is 39.7 Å². The Morgan fingerprint density at radius 3 is 2.52 bits per heavy atom. The van der Waals surface area contributed by atoms with Crippen LogP contribution in [0.4, 0.5) is 0 Å². The number of nitrogens with zero attached hydrogens (tertiary/aromatic N) is 1. The number of hydrogen-bond acceptors (Lipinski definition) is 4. The van der Waals surface area contributed by atoms with Gasteiger partial charge in [0.15, 0.2) is 0 Å². The monoisotopic (exact) mass is 343 g/mol. The first-order valence-corrected chi connectivity index (χ1v) is 8.15. The molecule has 0 bridgehead atoms. The predicted octanol–water partition coefficient (Wildman–Crippen LogP) is 1.45. The minimum Gasteiger partial charge on any atom is -0.478 e. The molecule has 1 aromatic heterocycles. The summed E-state index contributed by atoms with van der Waals surface area (Å²) in [6.45, 7) is 3.97. The quantitative estimate of drug-likeness (QED) is 0.704. The summed E-state index contributed by atoms with van der Waals surface area (Å²) < 4.78 is 0. The Balaban J connectivity index is 2.14. The summed E-state index contributed by atoms with van der Waals surface area (Å²) in [7, 11) is 0.